The molecule has 168 valence electrons. The second kappa shape index (κ2) is 7.68. The van der Waals surface area contributed by atoms with Gasteiger partial charge in [0.15, 0.2) is 5.78 Å². The van der Waals surface area contributed by atoms with Gasteiger partial charge in [-0.1, -0.05) is 18.2 Å². The van der Waals surface area contributed by atoms with E-state index in [4.69, 9.17) is 0 Å². The standard InChI is InChI=1S/C25H24N4O2S2/c1-14-20(32-12-26-14)10-9-19(30)22-21(23-15(2)27-13-33-23)18-8-5-11-29(18)25(22)16-6-3-4-7-17(16)28-24(25)31/h3-4,6-7,9-10,12-13,18,21-22H,5,8,11H2,1-2H3,(H,28,31)/b10-9+/t18-,21-,22+,25+/m0/s1. The predicted octanol–water partition coefficient (Wildman–Crippen LogP) is 4.52. The van der Waals surface area contributed by atoms with E-state index in [1.165, 1.54) is 11.3 Å². The summed E-state index contributed by atoms with van der Waals surface area (Å²) in [6.07, 6.45) is 5.53. The first-order chi connectivity index (χ1) is 16.0. The lowest BCUT2D eigenvalue weighted by atomic mass is 9.71. The molecule has 3 aliphatic rings. The van der Waals surface area contributed by atoms with Crippen LogP contribution in [0, 0.1) is 19.8 Å². The molecule has 6 nitrogen and oxygen atoms in total. The van der Waals surface area contributed by atoms with E-state index in [2.05, 4.69) is 20.2 Å². The normalized spacial score (nSPS) is 28.5. The summed E-state index contributed by atoms with van der Waals surface area (Å²) in [6.45, 7) is 4.76. The molecule has 8 heteroatoms. The van der Waals surface area contributed by atoms with Gasteiger partial charge in [0.2, 0.25) is 5.91 Å². The van der Waals surface area contributed by atoms with Crippen molar-refractivity contribution >= 4 is 46.1 Å². The zero-order chi connectivity index (χ0) is 22.7. The van der Waals surface area contributed by atoms with Gasteiger partial charge in [0.05, 0.1) is 28.3 Å². The van der Waals surface area contributed by atoms with E-state index in [-0.39, 0.29) is 23.7 Å². The Balaban J connectivity index is 1.55. The maximum Gasteiger partial charge on any atom is 0.250 e. The third kappa shape index (κ3) is 2.87. The summed E-state index contributed by atoms with van der Waals surface area (Å²) in [5.74, 6) is -0.686. The van der Waals surface area contributed by atoms with E-state index >= 15 is 0 Å². The minimum absolute atomic E-state index is 0.0122. The third-order valence-electron chi connectivity index (χ3n) is 7.48. The lowest BCUT2D eigenvalue weighted by molar-refractivity contribution is -0.134. The Labute approximate surface area is 200 Å². The number of nitrogens with one attached hydrogen (secondary N) is 1. The fourth-order valence-electron chi connectivity index (χ4n) is 6.20. The first-order valence-corrected chi connectivity index (χ1v) is 13.0. The Morgan fingerprint density at radius 2 is 1.97 bits per heavy atom. The summed E-state index contributed by atoms with van der Waals surface area (Å²) >= 11 is 3.12. The number of carbonyl (C=O) groups excluding carboxylic acids is 2. The van der Waals surface area contributed by atoms with Gasteiger partial charge in [0.1, 0.15) is 5.54 Å². The molecule has 2 fully saturated rings. The molecule has 4 atom stereocenters. The molecule has 1 spiro atoms. The Morgan fingerprint density at radius 3 is 2.73 bits per heavy atom. The number of amides is 1. The largest absolute Gasteiger partial charge is 0.324 e. The van der Waals surface area contributed by atoms with E-state index in [1.807, 2.05) is 49.7 Å². The minimum atomic E-state index is -0.997. The average molecular weight is 477 g/mol. The van der Waals surface area contributed by atoms with Crippen molar-refractivity contribution < 1.29 is 9.59 Å². The molecular weight excluding hydrogens is 452 g/mol. The van der Waals surface area contributed by atoms with E-state index in [0.717, 1.165) is 51.8 Å². The summed E-state index contributed by atoms with van der Waals surface area (Å²) in [4.78, 5) is 41.2. The summed E-state index contributed by atoms with van der Waals surface area (Å²) in [5.41, 5.74) is 6.25. The lowest BCUT2D eigenvalue weighted by Gasteiger charge is -2.36. The molecule has 0 saturated carbocycles. The van der Waals surface area contributed by atoms with Crippen molar-refractivity contribution in [2.75, 3.05) is 11.9 Å². The number of nitrogens with zero attached hydrogens (tertiary/aromatic N) is 3. The van der Waals surface area contributed by atoms with Crippen molar-refractivity contribution in [3.05, 3.63) is 68.1 Å². The van der Waals surface area contributed by atoms with Crippen LogP contribution in [0.4, 0.5) is 5.69 Å². The monoisotopic (exact) mass is 476 g/mol. The molecule has 3 aromatic rings. The number of ketones is 1. The zero-order valence-corrected chi connectivity index (χ0v) is 20.1. The molecule has 3 aliphatic heterocycles. The average Bonchev–Trinajstić information content (AvgIpc) is 3.59. The van der Waals surface area contributed by atoms with Gasteiger partial charge in [-0.05, 0) is 51.5 Å². The maximum absolute atomic E-state index is 14.1. The molecular formula is C25H24N4O2S2. The van der Waals surface area contributed by atoms with Gasteiger partial charge in [0.25, 0.3) is 0 Å². The number of benzene rings is 1. The van der Waals surface area contributed by atoms with Crippen LogP contribution in [0.5, 0.6) is 0 Å². The SMILES string of the molecule is Cc1ncsc1/C=C/C(=O)[C@@H]1[C@@H](c2scnc2C)[C@@H]2CCCN2[C@@]12C(=O)Nc1ccccc12. The number of hydrogen-bond acceptors (Lipinski definition) is 7. The van der Waals surface area contributed by atoms with Crippen LogP contribution in [-0.4, -0.2) is 39.1 Å². The van der Waals surface area contributed by atoms with Crippen LogP contribution < -0.4 is 5.32 Å². The van der Waals surface area contributed by atoms with Crippen molar-refractivity contribution in [1.29, 1.82) is 0 Å². The first-order valence-electron chi connectivity index (χ1n) is 11.2. The van der Waals surface area contributed by atoms with E-state index in [1.54, 1.807) is 22.9 Å². The smallest absolute Gasteiger partial charge is 0.250 e. The van der Waals surface area contributed by atoms with Crippen molar-refractivity contribution in [1.82, 2.24) is 14.9 Å². The molecule has 2 saturated heterocycles. The van der Waals surface area contributed by atoms with Gasteiger partial charge >= 0.3 is 0 Å². The Bertz CT molecular complexity index is 1290. The maximum atomic E-state index is 14.1. The number of carbonyl (C=O) groups is 2. The van der Waals surface area contributed by atoms with Gasteiger partial charge in [-0.2, -0.15) is 0 Å². The summed E-state index contributed by atoms with van der Waals surface area (Å²) in [7, 11) is 0. The lowest BCUT2D eigenvalue weighted by Crippen LogP contribution is -2.52. The van der Waals surface area contributed by atoms with Crippen molar-refractivity contribution in [3.8, 4) is 0 Å². The molecule has 0 bridgehead atoms. The molecule has 1 N–H and O–H groups in total. The number of aromatic nitrogens is 2. The Morgan fingerprint density at radius 1 is 1.18 bits per heavy atom. The summed E-state index contributed by atoms with van der Waals surface area (Å²) < 4.78 is 0. The number of fused-ring (bicyclic) bond motifs is 4. The quantitative estimate of drug-likeness (QED) is 0.560. The van der Waals surface area contributed by atoms with Crippen LogP contribution >= 0.6 is 22.7 Å². The van der Waals surface area contributed by atoms with Gasteiger partial charge in [-0.3, -0.25) is 14.5 Å². The number of hydrogen-bond donors (Lipinski definition) is 1. The van der Waals surface area contributed by atoms with Crippen molar-refractivity contribution in [3.63, 3.8) is 0 Å². The van der Waals surface area contributed by atoms with Crippen LogP contribution in [0.1, 0.15) is 45.5 Å². The Kier molecular flexibility index (Phi) is 4.87. The highest BCUT2D eigenvalue weighted by Crippen LogP contribution is 2.61. The third-order valence-corrected chi connectivity index (χ3v) is 9.41. The van der Waals surface area contributed by atoms with Gasteiger partial charge < -0.3 is 5.32 Å². The number of anilines is 1. The van der Waals surface area contributed by atoms with Crippen LogP contribution in [0.2, 0.25) is 0 Å². The van der Waals surface area contributed by atoms with Gasteiger partial charge in [-0.15, -0.1) is 22.7 Å². The van der Waals surface area contributed by atoms with Crippen LogP contribution in [0.15, 0.2) is 41.4 Å². The topological polar surface area (TPSA) is 75.2 Å². The highest BCUT2D eigenvalue weighted by atomic mass is 32.1. The number of thiazole rings is 2. The molecule has 1 amide bonds. The van der Waals surface area contributed by atoms with Crippen LogP contribution in [0.3, 0.4) is 0 Å². The summed E-state index contributed by atoms with van der Waals surface area (Å²) in [5, 5.41) is 3.11. The molecule has 0 radical (unpaired) electrons. The highest BCUT2D eigenvalue weighted by molar-refractivity contribution is 7.10. The van der Waals surface area contributed by atoms with Gasteiger partial charge in [-0.25, -0.2) is 9.97 Å². The summed E-state index contributed by atoms with van der Waals surface area (Å²) in [6, 6.07) is 7.99. The molecule has 6 rings (SSSR count). The molecule has 0 aliphatic carbocycles. The van der Waals surface area contributed by atoms with E-state index in [0.29, 0.717) is 0 Å². The predicted molar refractivity (Wildman–Crippen MR) is 130 cm³/mol. The molecule has 5 heterocycles. The van der Waals surface area contributed by atoms with Crippen LogP contribution in [0.25, 0.3) is 6.08 Å². The van der Waals surface area contributed by atoms with E-state index in [9.17, 15) is 9.59 Å². The number of aryl methyl sites for hydroxylation is 2. The van der Waals surface area contributed by atoms with E-state index < -0.39 is 11.5 Å². The number of allylic oxidation sites excluding steroid dienone is 1. The number of para-hydroxylation sites is 1. The second-order valence-corrected chi connectivity index (χ2v) is 10.8. The zero-order valence-electron chi connectivity index (χ0n) is 18.4. The molecule has 1 aromatic carbocycles. The van der Waals surface area contributed by atoms with Crippen molar-refractivity contribution in [2.24, 2.45) is 5.92 Å². The fraction of sp³-hybridized carbons (Fsp3) is 0.360. The second-order valence-electron chi connectivity index (χ2n) is 9.01. The fourth-order valence-corrected chi connectivity index (χ4v) is 7.89. The highest BCUT2D eigenvalue weighted by Gasteiger charge is 2.69. The van der Waals surface area contributed by atoms with Gasteiger partial charge in [0, 0.05) is 33.0 Å². The van der Waals surface area contributed by atoms with Crippen molar-refractivity contribution in [2.45, 2.75) is 44.2 Å². The van der Waals surface area contributed by atoms with Crippen LogP contribution in [-0.2, 0) is 15.1 Å². The molecule has 33 heavy (non-hydrogen) atoms. The Hall–Kier alpha value is -2.68. The number of rotatable bonds is 4. The molecule has 2 aromatic heterocycles. The molecule has 0 unspecified atom stereocenters. The first kappa shape index (κ1) is 20.9. The minimum Gasteiger partial charge on any atom is -0.324 e.